The molecule has 0 atom stereocenters. The molecule has 5 heteroatoms. The van der Waals surface area contributed by atoms with Gasteiger partial charge in [-0.3, -0.25) is 9.79 Å². The smallest absolute Gasteiger partial charge is 0.257 e. The summed E-state index contributed by atoms with van der Waals surface area (Å²) in [4.78, 5) is 19.4. The highest BCUT2D eigenvalue weighted by atomic mass is 79.9. The number of halogens is 1. The van der Waals surface area contributed by atoms with Crippen LogP contribution in [0.4, 0.5) is 11.4 Å². The molecule has 0 aliphatic heterocycles. The van der Waals surface area contributed by atoms with Crippen LogP contribution in [0.3, 0.4) is 0 Å². The molecule has 0 aliphatic carbocycles. The van der Waals surface area contributed by atoms with Crippen LogP contribution in [-0.2, 0) is 0 Å². The summed E-state index contributed by atoms with van der Waals surface area (Å²) in [5.74, 6) is -0.183. The highest BCUT2D eigenvalue weighted by Gasteiger charge is 2.11. The van der Waals surface area contributed by atoms with Crippen molar-refractivity contribution in [3.8, 4) is 0 Å². The van der Waals surface area contributed by atoms with E-state index in [1.807, 2.05) is 48.5 Å². The Hall–Kier alpha value is -2.24. The van der Waals surface area contributed by atoms with Gasteiger partial charge in [-0.25, -0.2) is 0 Å². The molecule has 1 aromatic heterocycles. The van der Waals surface area contributed by atoms with Gasteiger partial charge >= 0.3 is 0 Å². The van der Waals surface area contributed by atoms with Gasteiger partial charge in [0.05, 0.1) is 16.9 Å². The van der Waals surface area contributed by atoms with Gasteiger partial charge in [0, 0.05) is 20.4 Å². The van der Waals surface area contributed by atoms with Crippen LogP contribution >= 0.6 is 27.3 Å². The molecule has 1 amide bonds. The zero-order valence-electron chi connectivity index (χ0n) is 13.0. The van der Waals surface area contributed by atoms with Crippen LogP contribution in [0, 0.1) is 6.92 Å². The fourth-order valence-corrected chi connectivity index (χ4v) is 3.32. The van der Waals surface area contributed by atoms with Crippen molar-refractivity contribution < 1.29 is 4.79 Å². The second-order valence-corrected chi connectivity index (χ2v) is 7.33. The molecule has 0 aliphatic rings. The molecule has 0 saturated heterocycles. The molecule has 0 radical (unpaired) electrons. The van der Waals surface area contributed by atoms with Gasteiger partial charge < -0.3 is 5.32 Å². The minimum absolute atomic E-state index is 0.183. The molecular weight excluding hydrogens is 384 g/mol. The van der Waals surface area contributed by atoms with E-state index in [1.54, 1.807) is 23.6 Å². The molecule has 3 rings (SSSR count). The number of aryl methyl sites for hydroxylation is 1. The van der Waals surface area contributed by atoms with Crippen LogP contribution in [-0.4, -0.2) is 12.1 Å². The number of thiophene rings is 1. The van der Waals surface area contributed by atoms with Gasteiger partial charge in [0.15, 0.2) is 0 Å². The van der Waals surface area contributed by atoms with E-state index in [2.05, 4.69) is 39.2 Å². The maximum Gasteiger partial charge on any atom is 0.257 e. The summed E-state index contributed by atoms with van der Waals surface area (Å²) in [6.45, 7) is 2.06. The van der Waals surface area contributed by atoms with Crippen molar-refractivity contribution in [3.05, 3.63) is 80.5 Å². The largest absolute Gasteiger partial charge is 0.321 e. The van der Waals surface area contributed by atoms with Crippen molar-refractivity contribution in [2.24, 2.45) is 4.99 Å². The number of nitrogens with one attached hydrogen (secondary N) is 1. The summed E-state index contributed by atoms with van der Waals surface area (Å²) in [5, 5.41) is 2.91. The Balaban J connectivity index is 1.84. The number of hydrogen-bond acceptors (Lipinski definition) is 3. The highest BCUT2D eigenvalue weighted by molar-refractivity contribution is 9.10. The molecule has 120 valence electrons. The molecular formula is C19H15BrN2OS. The average Bonchev–Trinajstić information content (AvgIpc) is 3.01. The average molecular weight is 399 g/mol. The van der Waals surface area contributed by atoms with Crippen molar-refractivity contribution in [2.75, 3.05) is 5.32 Å². The van der Waals surface area contributed by atoms with E-state index in [4.69, 9.17) is 0 Å². The Morgan fingerprint density at radius 1 is 1.08 bits per heavy atom. The number of hydrogen-bond donors (Lipinski definition) is 1. The summed E-state index contributed by atoms with van der Waals surface area (Å²) >= 11 is 5.11. The molecule has 0 unspecified atom stereocenters. The number of nitrogens with zero attached hydrogens (tertiary/aromatic N) is 1. The van der Waals surface area contributed by atoms with Crippen molar-refractivity contribution in [2.45, 2.75) is 6.92 Å². The van der Waals surface area contributed by atoms with Crippen molar-refractivity contribution >= 4 is 50.8 Å². The number of carbonyl (C=O) groups excluding carboxylic acids is 1. The summed E-state index contributed by atoms with van der Waals surface area (Å²) in [6, 6.07) is 18.9. The Morgan fingerprint density at radius 3 is 2.58 bits per heavy atom. The van der Waals surface area contributed by atoms with Gasteiger partial charge in [-0.1, -0.05) is 24.3 Å². The number of amides is 1. The summed E-state index contributed by atoms with van der Waals surface area (Å²) in [6.07, 6.45) is 1.79. The number of anilines is 1. The highest BCUT2D eigenvalue weighted by Crippen LogP contribution is 2.25. The van der Waals surface area contributed by atoms with E-state index < -0.39 is 0 Å². The minimum Gasteiger partial charge on any atom is -0.321 e. The number of benzene rings is 2. The molecule has 24 heavy (non-hydrogen) atoms. The molecule has 0 spiro atoms. The molecule has 1 N–H and O–H groups in total. The van der Waals surface area contributed by atoms with Crippen LogP contribution in [0.5, 0.6) is 0 Å². The normalized spacial score (nSPS) is 10.9. The van der Waals surface area contributed by atoms with Gasteiger partial charge in [-0.15, -0.1) is 11.3 Å². The number of para-hydroxylation sites is 2. The van der Waals surface area contributed by atoms with Gasteiger partial charge in [-0.2, -0.15) is 0 Å². The van der Waals surface area contributed by atoms with E-state index >= 15 is 0 Å². The Morgan fingerprint density at radius 2 is 1.83 bits per heavy atom. The summed E-state index contributed by atoms with van der Waals surface area (Å²) in [7, 11) is 0. The lowest BCUT2D eigenvalue weighted by Gasteiger charge is -2.08. The number of rotatable bonds is 4. The van der Waals surface area contributed by atoms with E-state index in [1.165, 1.54) is 4.88 Å². The van der Waals surface area contributed by atoms with Crippen molar-refractivity contribution in [1.29, 1.82) is 0 Å². The fourth-order valence-electron chi connectivity index (χ4n) is 2.19. The van der Waals surface area contributed by atoms with Crippen LogP contribution in [0.25, 0.3) is 0 Å². The lowest BCUT2D eigenvalue weighted by Crippen LogP contribution is -2.12. The van der Waals surface area contributed by atoms with Gasteiger partial charge in [-0.05, 0) is 59.3 Å². The molecule has 1 heterocycles. The predicted molar refractivity (Wildman–Crippen MR) is 105 cm³/mol. The second kappa shape index (κ2) is 7.55. The third kappa shape index (κ3) is 3.99. The van der Waals surface area contributed by atoms with Gasteiger partial charge in [0.25, 0.3) is 5.91 Å². The number of carbonyl (C=O) groups is 1. The lowest BCUT2D eigenvalue weighted by molar-refractivity contribution is 0.102. The van der Waals surface area contributed by atoms with Crippen molar-refractivity contribution in [1.82, 2.24) is 0 Å². The zero-order valence-corrected chi connectivity index (χ0v) is 15.4. The maximum atomic E-state index is 12.6. The topological polar surface area (TPSA) is 41.5 Å². The number of aliphatic imine (C=N–C) groups is 1. The Labute approximate surface area is 153 Å². The molecule has 2 aromatic carbocycles. The van der Waals surface area contributed by atoms with E-state index in [-0.39, 0.29) is 5.91 Å². The molecule has 3 nitrogen and oxygen atoms in total. The van der Waals surface area contributed by atoms with Crippen molar-refractivity contribution in [3.63, 3.8) is 0 Å². The first-order valence-electron chi connectivity index (χ1n) is 7.39. The third-order valence-electron chi connectivity index (χ3n) is 3.36. The van der Waals surface area contributed by atoms with E-state index in [0.717, 1.165) is 15.0 Å². The van der Waals surface area contributed by atoms with Gasteiger partial charge in [0.2, 0.25) is 0 Å². The maximum absolute atomic E-state index is 12.6. The molecule has 0 bridgehead atoms. The zero-order chi connectivity index (χ0) is 16.9. The molecule has 3 aromatic rings. The Kier molecular flexibility index (Phi) is 5.23. The first-order valence-corrected chi connectivity index (χ1v) is 9.00. The predicted octanol–water partition coefficient (Wildman–Crippen LogP) is 5.82. The van der Waals surface area contributed by atoms with Crippen LogP contribution in [0.15, 0.2) is 70.1 Å². The minimum atomic E-state index is -0.183. The van der Waals surface area contributed by atoms with Crippen LogP contribution in [0.2, 0.25) is 0 Å². The monoisotopic (exact) mass is 398 g/mol. The van der Waals surface area contributed by atoms with Gasteiger partial charge in [0.1, 0.15) is 0 Å². The van der Waals surface area contributed by atoms with E-state index in [9.17, 15) is 4.79 Å². The van der Waals surface area contributed by atoms with Crippen LogP contribution in [0.1, 0.15) is 20.1 Å². The molecule has 0 saturated carbocycles. The van der Waals surface area contributed by atoms with Crippen LogP contribution < -0.4 is 5.32 Å². The molecule has 0 fully saturated rings. The lowest BCUT2D eigenvalue weighted by atomic mass is 10.1. The fraction of sp³-hybridized carbons (Fsp3) is 0.0526. The van der Waals surface area contributed by atoms with E-state index in [0.29, 0.717) is 11.3 Å². The Bertz CT molecular complexity index is 902. The quantitative estimate of drug-likeness (QED) is 0.552. The summed E-state index contributed by atoms with van der Waals surface area (Å²) in [5.41, 5.74) is 1.92. The third-order valence-corrected chi connectivity index (χ3v) is 4.99. The first kappa shape index (κ1) is 16.6. The second-order valence-electron chi connectivity index (χ2n) is 5.16. The summed E-state index contributed by atoms with van der Waals surface area (Å²) < 4.78 is 0.841. The first-order chi connectivity index (χ1) is 11.6. The SMILES string of the molecule is Cc1ccc(C=Nc2ccccc2C(=O)Nc2ccccc2Br)s1. The standard InChI is InChI=1S/C19H15BrN2OS/c1-13-10-11-14(24-13)12-21-17-8-4-2-6-15(17)19(23)22-18-9-5-3-7-16(18)20/h2-12H,1H3,(H,22,23).